The van der Waals surface area contributed by atoms with Gasteiger partial charge in [-0.25, -0.2) is 0 Å². The van der Waals surface area contributed by atoms with E-state index in [0.29, 0.717) is 19.3 Å². The van der Waals surface area contributed by atoms with Gasteiger partial charge in [0.05, 0.1) is 6.54 Å². The number of hydrogen-bond acceptors (Lipinski definition) is 8. The van der Waals surface area contributed by atoms with Crippen molar-refractivity contribution >= 4 is 47.3 Å². The Morgan fingerprint density at radius 2 is 1.53 bits per heavy atom. The molecular weight excluding hydrogens is 708 g/mol. The van der Waals surface area contributed by atoms with E-state index in [1.807, 2.05) is 36.4 Å². The van der Waals surface area contributed by atoms with Crippen LogP contribution in [0.4, 0.5) is 0 Å². The third-order valence-electron chi connectivity index (χ3n) is 9.33. The summed E-state index contributed by atoms with van der Waals surface area (Å²) in [6.45, 7) is 1.36. The van der Waals surface area contributed by atoms with Gasteiger partial charge in [0.1, 0.15) is 30.2 Å². The van der Waals surface area contributed by atoms with E-state index in [4.69, 9.17) is 11.5 Å². The first-order chi connectivity index (χ1) is 26.4. The van der Waals surface area contributed by atoms with Crippen molar-refractivity contribution in [1.29, 1.82) is 0 Å². The topological polar surface area (TPSA) is 259 Å². The van der Waals surface area contributed by atoms with Crippen LogP contribution in [0.5, 0.6) is 0 Å². The number of amides is 7. The largest absolute Gasteiger partial charge is 0.370 e. The number of guanidine groups is 1. The fourth-order valence-electron chi connectivity index (χ4n) is 6.61. The molecule has 10 N–H and O–H groups in total. The van der Waals surface area contributed by atoms with Gasteiger partial charge in [-0.3, -0.25) is 38.6 Å². The van der Waals surface area contributed by atoms with Gasteiger partial charge in [0.25, 0.3) is 0 Å². The Hall–Kier alpha value is -6.00. The highest BCUT2D eigenvalue weighted by atomic mass is 16.2. The predicted molar refractivity (Wildman–Crippen MR) is 204 cm³/mol. The highest BCUT2D eigenvalue weighted by molar-refractivity contribution is 5.97. The summed E-state index contributed by atoms with van der Waals surface area (Å²) < 4.78 is 0. The number of hydrogen-bond donors (Lipinski definition) is 8. The van der Waals surface area contributed by atoms with Crippen molar-refractivity contribution in [3.05, 3.63) is 71.8 Å². The number of fused-ring (bicyclic) bond motifs is 1. The lowest BCUT2D eigenvalue weighted by Gasteiger charge is -2.31. The molecule has 2 unspecified atom stereocenters. The van der Waals surface area contributed by atoms with E-state index in [0.717, 1.165) is 11.1 Å². The van der Waals surface area contributed by atoms with Crippen molar-refractivity contribution in [2.24, 2.45) is 16.5 Å². The average molecular weight is 761 g/mol. The van der Waals surface area contributed by atoms with Crippen molar-refractivity contribution in [3.63, 3.8) is 0 Å². The van der Waals surface area contributed by atoms with Crippen molar-refractivity contribution in [3.8, 4) is 0 Å². The van der Waals surface area contributed by atoms with Gasteiger partial charge in [0, 0.05) is 39.4 Å². The summed E-state index contributed by atoms with van der Waals surface area (Å²) in [5.41, 5.74) is 12.4. The second kappa shape index (κ2) is 21.0. The zero-order valence-electron chi connectivity index (χ0n) is 31.1. The van der Waals surface area contributed by atoms with Crippen molar-refractivity contribution in [2.75, 3.05) is 26.2 Å². The van der Waals surface area contributed by atoms with Gasteiger partial charge in [0.15, 0.2) is 5.96 Å². The maximum absolute atomic E-state index is 14.3. The summed E-state index contributed by atoms with van der Waals surface area (Å²) in [7, 11) is 0. The molecule has 2 heterocycles. The fourth-order valence-corrected chi connectivity index (χ4v) is 6.61. The molecule has 2 saturated heterocycles. The molecule has 2 aliphatic heterocycles. The van der Waals surface area contributed by atoms with E-state index < -0.39 is 78.1 Å². The first-order valence-corrected chi connectivity index (χ1v) is 18.6. The van der Waals surface area contributed by atoms with Crippen LogP contribution >= 0.6 is 0 Å². The van der Waals surface area contributed by atoms with E-state index in [1.54, 1.807) is 24.3 Å². The van der Waals surface area contributed by atoms with Crippen LogP contribution in [-0.2, 0) is 46.4 Å². The first-order valence-electron chi connectivity index (χ1n) is 18.6. The zero-order chi connectivity index (χ0) is 39.7. The molecule has 296 valence electrons. The highest BCUT2D eigenvalue weighted by Crippen LogP contribution is 2.21. The number of rotatable bonds is 11. The maximum Gasteiger partial charge on any atom is 0.245 e. The molecule has 17 heteroatoms. The van der Waals surface area contributed by atoms with Gasteiger partial charge in [-0.05, 0) is 49.7 Å². The highest BCUT2D eigenvalue weighted by Gasteiger charge is 2.39. The number of aliphatic imine (C=N–C) groups is 1. The van der Waals surface area contributed by atoms with Crippen molar-refractivity contribution in [1.82, 2.24) is 36.8 Å². The van der Waals surface area contributed by atoms with E-state index in [1.165, 1.54) is 11.8 Å². The smallest absolute Gasteiger partial charge is 0.245 e. The van der Waals surface area contributed by atoms with Gasteiger partial charge in [0.2, 0.25) is 41.4 Å². The minimum atomic E-state index is -1.12. The van der Waals surface area contributed by atoms with Gasteiger partial charge < -0.3 is 48.3 Å². The van der Waals surface area contributed by atoms with Gasteiger partial charge in [-0.2, -0.15) is 0 Å². The van der Waals surface area contributed by atoms with Crippen LogP contribution in [0, 0.1) is 0 Å². The summed E-state index contributed by atoms with van der Waals surface area (Å²) in [6, 6.07) is 12.9. The van der Waals surface area contributed by atoms with Crippen LogP contribution in [-0.4, -0.2) is 109 Å². The second-order valence-electron chi connectivity index (χ2n) is 13.7. The molecule has 7 amide bonds. The second-order valence-corrected chi connectivity index (χ2v) is 13.7. The van der Waals surface area contributed by atoms with Crippen molar-refractivity contribution in [2.45, 2.75) is 88.5 Å². The summed E-state index contributed by atoms with van der Waals surface area (Å²) >= 11 is 0. The summed E-state index contributed by atoms with van der Waals surface area (Å²) in [5.74, 6) is -3.95. The molecule has 2 aromatic rings. The molecule has 17 nitrogen and oxygen atoms in total. The summed E-state index contributed by atoms with van der Waals surface area (Å²) in [6.07, 6.45) is 1.93. The summed E-state index contributed by atoms with van der Waals surface area (Å²) in [5, 5.41) is 16.3. The van der Waals surface area contributed by atoms with Gasteiger partial charge in [-0.15, -0.1) is 0 Å². The van der Waals surface area contributed by atoms with Crippen molar-refractivity contribution < 1.29 is 33.6 Å². The average Bonchev–Trinajstić information content (AvgIpc) is 3.66. The zero-order valence-corrected chi connectivity index (χ0v) is 31.1. The normalized spacial score (nSPS) is 22.0. The SMILES string of the molecule is CC(=O)N[C@@H](Cc1ccccc1)C(=O)N[C@H]1CCCNC(=O)C(CCCN=C(N)N)NC(=O)CNC(=O)[C@@H](Cc2ccccc2)NC(=O)C2CCCN2C1=O. The molecule has 4 rings (SSSR count). The molecule has 0 bridgehead atoms. The Bertz CT molecular complexity index is 1690. The molecule has 5 atom stereocenters. The lowest BCUT2D eigenvalue weighted by molar-refractivity contribution is -0.142. The van der Waals surface area contributed by atoms with Crippen LogP contribution in [0.3, 0.4) is 0 Å². The van der Waals surface area contributed by atoms with Gasteiger partial charge >= 0.3 is 0 Å². The summed E-state index contributed by atoms with van der Waals surface area (Å²) in [4.78, 5) is 99.4. The Morgan fingerprint density at radius 1 is 0.855 bits per heavy atom. The van der Waals surface area contributed by atoms with E-state index in [2.05, 4.69) is 36.9 Å². The first kappa shape index (κ1) is 41.8. The van der Waals surface area contributed by atoms with Crippen LogP contribution in [0.1, 0.15) is 56.6 Å². The standard InChI is InChI=1S/C38H52N10O7/c1-24(49)44-30(22-26-13-6-3-7-14-26)35(53)46-28-16-9-18-41-33(51)27(15-8-19-42-38(39)40)45-32(50)23-43-34(52)29(21-25-11-4-2-5-12-25)47-36(54)31-17-10-20-48(31)37(28)55/h2-7,11-14,27-31H,8-10,15-23H2,1H3,(H,41,51)(H,43,52)(H,44,49)(H,45,50)(H,46,53)(H,47,54)(H4,39,40,42)/t27?,28-,29+,30-,31?/m0/s1. The Kier molecular flexibility index (Phi) is 16.0. The van der Waals surface area contributed by atoms with E-state index in [-0.39, 0.29) is 57.7 Å². The quantitative estimate of drug-likeness (QED) is 0.0752. The molecule has 0 aromatic heterocycles. The molecule has 55 heavy (non-hydrogen) atoms. The minimum Gasteiger partial charge on any atom is -0.370 e. The fraction of sp³-hybridized carbons (Fsp3) is 0.474. The van der Waals surface area contributed by atoms with Gasteiger partial charge in [-0.1, -0.05) is 60.7 Å². The molecule has 0 radical (unpaired) electrons. The third kappa shape index (κ3) is 13.4. The molecule has 0 saturated carbocycles. The molecule has 2 aromatic carbocycles. The lowest BCUT2D eigenvalue weighted by atomic mass is 10.0. The van der Waals surface area contributed by atoms with E-state index >= 15 is 0 Å². The predicted octanol–water partition coefficient (Wildman–Crippen LogP) is -1.50. The Balaban J connectivity index is 1.61. The number of nitrogens with zero attached hydrogens (tertiary/aromatic N) is 2. The minimum absolute atomic E-state index is 0.0778. The number of carbonyl (C=O) groups excluding carboxylic acids is 7. The maximum atomic E-state index is 14.3. The molecular formula is C38H52N10O7. The molecule has 2 aliphatic rings. The molecule has 0 spiro atoms. The number of carbonyl (C=O) groups is 7. The number of nitrogens with one attached hydrogen (secondary N) is 6. The van der Waals surface area contributed by atoms with Crippen LogP contribution in [0.2, 0.25) is 0 Å². The molecule has 2 fully saturated rings. The Morgan fingerprint density at radius 3 is 2.20 bits per heavy atom. The van der Waals surface area contributed by atoms with E-state index in [9.17, 15) is 33.6 Å². The number of benzene rings is 2. The number of nitrogens with two attached hydrogens (primary N) is 2. The lowest BCUT2D eigenvalue weighted by Crippen LogP contribution is -2.59. The molecule has 0 aliphatic carbocycles. The van der Waals surface area contributed by atoms with Crippen LogP contribution in [0.25, 0.3) is 0 Å². The third-order valence-corrected chi connectivity index (χ3v) is 9.33. The monoisotopic (exact) mass is 760 g/mol. The Labute approximate surface area is 320 Å². The van der Waals surface area contributed by atoms with Crippen LogP contribution < -0.4 is 43.4 Å². The van der Waals surface area contributed by atoms with Crippen LogP contribution in [0.15, 0.2) is 65.7 Å².